The molecule has 4 nitrogen and oxygen atoms in total. The molecule has 0 atom stereocenters. The second-order valence-corrected chi connectivity index (χ2v) is 3.69. The number of pyridine rings is 1. The summed E-state index contributed by atoms with van der Waals surface area (Å²) in [6.07, 6.45) is 0. The zero-order valence-corrected chi connectivity index (χ0v) is 9.75. The van der Waals surface area contributed by atoms with Gasteiger partial charge in [-0.2, -0.15) is 5.26 Å². The van der Waals surface area contributed by atoms with E-state index in [1.165, 1.54) is 0 Å². The van der Waals surface area contributed by atoms with Crippen molar-refractivity contribution in [1.29, 1.82) is 5.26 Å². The number of ether oxygens (including phenoxy) is 1. The van der Waals surface area contributed by atoms with Crippen molar-refractivity contribution < 1.29 is 9.53 Å². The summed E-state index contributed by atoms with van der Waals surface area (Å²) in [7, 11) is 0. The Balaban J connectivity index is 2.14. The van der Waals surface area contributed by atoms with E-state index in [1.54, 1.807) is 49.4 Å². The Morgan fingerprint density at radius 3 is 2.56 bits per heavy atom. The summed E-state index contributed by atoms with van der Waals surface area (Å²) in [5.74, 6) is -0.120. The number of aromatic nitrogens is 1. The van der Waals surface area contributed by atoms with E-state index in [4.69, 9.17) is 10.00 Å². The monoisotopic (exact) mass is 238 g/mol. The van der Waals surface area contributed by atoms with Crippen LogP contribution in [0.3, 0.4) is 0 Å². The first kappa shape index (κ1) is 11.8. The zero-order valence-electron chi connectivity index (χ0n) is 9.75. The average molecular weight is 238 g/mol. The van der Waals surface area contributed by atoms with Gasteiger partial charge in [-0.25, -0.2) is 9.78 Å². The predicted octanol–water partition coefficient (Wildman–Crippen LogP) is 2.48. The van der Waals surface area contributed by atoms with E-state index in [2.05, 4.69) is 4.98 Å². The maximum atomic E-state index is 11.8. The molecule has 0 saturated heterocycles. The van der Waals surface area contributed by atoms with Gasteiger partial charge in [0.2, 0.25) is 0 Å². The average Bonchev–Trinajstić information content (AvgIpc) is 2.39. The lowest BCUT2D eigenvalue weighted by Gasteiger charge is -2.04. The van der Waals surface area contributed by atoms with Gasteiger partial charge in [0.25, 0.3) is 0 Å². The minimum absolute atomic E-state index is 0.263. The third-order valence-electron chi connectivity index (χ3n) is 2.29. The van der Waals surface area contributed by atoms with Gasteiger partial charge in [-0.3, -0.25) is 0 Å². The molecule has 0 bridgehead atoms. The van der Waals surface area contributed by atoms with E-state index >= 15 is 0 Å². The molecule has 0 N–H and O–H groups in total. The number of esters is 1. The quantitative estimate of drug-likeness (QED) is 0.595. The van der Waals surface area contributed by atoms with Crippen molar-refractivity contribution >= 4 is 5.97 Å². The minimum atomic E-state index is -0.511. The number of benzene rings is 1. The second kappa shape index (κ2) is 5.11. The fourth-order valence-electron chi connectivity index (χ4n) is 1.41. The van der Waals surface area contributed by atoms with E-state index in [0.29, 0.717) is 11.3 Å². The fourth-order valence-corrected chi connectivity index (χ4v) is 1.41. The normalized spacial score (nSPS) is 9.56. The van der Waals surface area contributed by atoms with Crippen molar-refractivity contribution in [2.24, 2.45) is 0 Å². The van der Waals surface area contributed by atoms with E-state index in [9.17, 15) is 4.79 Å². The molecule has 0 aliphatic rings. The molecule has 88 valence electrons. The molecule has 1 heterocycles. The molecule has 1 aromatic carbocycles. The summed E-state index contributed by atoms with van der Waals surface area (Å²) < 4.78 is 5.14. The van der Waals surface area contributed by atoms with Crippen LogP contribution >= 0.6 is 0 Å². The van der Waals surface area contributed by atoms with Gasteiger partial charge in [-0.1, -0.05) is 6.07 Å². The number of nitrogens with zero attached hydrogens (tertiary/aromatic N) is 2. The van der Waals surface area contributed by atoms with Gasteiger partial charge in [-0.05, 0) is 43.3 Å². The van der Waals surface area contributed by atoms with Gasteiger partial charge in [0.05, 0.1) is 11.6 Å². The maximum Gasteiger partial charge on any atom is 0.362 e. The molecule has 1 aromatic heterocycles. The van der Waals surface area contributed by atoms with Crippen LogP contribution in [0.15, 0.2) is 42.5 Å². The summed E-state index contributed by atoms with van der Waals surface area (Å²) in [4.78, 5) is 15.8. The van der Waals surface area contributed by atoms with E-state index in [1.807, 2.05) is 6.07 Å². The topological polar surface area (TPSA) is 63.0 Å². The summed E-state index contributed by atoms with van der Waals surface area (Å²) in [6.45, 7) is 1.80. The number of carbonyl (C=O) groups is 1. The molecule has 18 heavy (non-hydrogen) atoms. The summed E-state index contributed by atoms with van der Waals surface area (Å²) in [5.41, 5.74) is 1.53. The van der Waals surface area contributed by atoms with Crippen molar-refractivity contribution in [1.82, 2.24) is 4.98 Å². The van der Waals surface area contributed by atoms with E-state index in [-0.39, 0.29) is 5.69 Å². The highest BCUT2D eigenvalue weighted by Crippen LogP contribution is 2.13. The van der Waals surface area contributed by atoms with Crippen molar-refractivity contribution in [3.63, 3.8) is 0 Å². The third-order valence-corrected chi connectivity index (χ3v) is 2.29. The number of rotatable bonds is 2. The Labute approximate surface area is 104 Å². The first-order valence-corrected chi connectivity index (χ1v) is 5.35. The van der Waals surface area contributed by atoms with Crippen LogP contribution in [0.1, 0.15) is 21.7 Å². The molecule has 4 heteroatoms. The van der Waals surface area contributed by atoms with Crippen LogP contribution in [0.25, 0.3) is 0 Å². The molecule has 0 spiro atoms. The van der Waals surface area contributed by atoms with Crippen LogP contribution in [0.4, 0.5) is 0 Å². The Bertz CT molecular complexity index is 612. The molecule has 2 rings (SSSR count). The number of hydrogen-bond donors (Lipinski definition) is 0. The van der Waals surface area contributed by atoms with Crippen molar-refractivity contribution in [3.8, 4) is 11.8 Å². The molecule has 0 unspecified atom stereocenters. The van der Waals surface area contributed by atoms with Crippen molar-refractivity contribution in [3.05, 3.63) is 59.4 Å². The number of nitriles is 1. The highest BCUT2D eigenvalue weighted by Gasteiger charge is 2.09. The maximum absolute atomic E-state index is 11.8. The van der Waals surface area contributed by atoms with Crippen LogP contribution in [-0.2, 0) is 0 Å². The first-order chi connectivity index (χ1) is 8.69. The molecule has 0 aliphatic heterocycles. The minimum Gasteiger partial charge on any atom is -0.422 e. The van der Waals surface area contributed by atoms with E-state index < -0.39 is 5.97 Å². The third kappa shape index (κ3) is 2.71. The van der Waals surface area contributed by atoms with Crippen molar-refractivity contribution in [2.75, 3.05) is 0 Å². The smallest absolute Gasteiger partial charge is 0.362 e. The van der Waals surface area contributed by atoms with Crippen LogP contribution in [-0.4, -0.2) is 11.0 Å². The lowest BCUT2D eigenvalue weighted by molar-refractivity contribution is 0.0728. The van der Waals surface area contributed by atoms with Crippen LogP contribution < -0.4 is 4.74 Å². The molecule has 0 fully saturated rings. The van der Waals surface area contributed by atoms with Crippen LogP contribution in [0.2, 0.25) is 0 Å². The van der Waals surface area contributed by atoms with Gasteiger partial charge < -0.3 is 4.74 Å². The molecule has 0 radical (unpaired) electrons. The standard InChI is InChI=1S/C14H10N2O2/c1-10-3-2-4-13(16-10)14(17)18-12-7-5-11(9-15)6-8-12/h2-8H,1H3. The molecular weight excluding hydrogens is 228 g/mol. The summed E-state index contributed by atoms with van der Waals surface area (Å²) in [6, 6.07) is 13.5. The summed E-state index contributed by atoms with van der Waals surface area (Å²) >= 11 is 0. The SMILES string of the molecule is Cc1cccc(C(=O)Oc2ccc(C#N)cc2)n1. The van der Waals surface area contributed by atoms with Crippen LogP contribution in [0.5, 0.6) is 5.75 Å². The predicted molar refractivity (Wildman–Crippen MR) is 65.1 cm³/mol. The van der Waals surface area contributed by atoms with E-state index in [0.717, 1.165) is 5.69 Å². The Morgan fingerprint density at radius 2 is 1.94 bits per heavy atom. The molecule has 0 amide bonds. The Morgan fingerprint density at radius 1 is 1.22 bits per heavy atom. The highest BCUT2D eigenvalue weighted by molar-refractivity contribution is 5.89. The van der Waals surface area contributed by atoms with Gasteiger partial charge in [0, 0.05) is 5.69 Å². The highest BCUT2D eigenvalue weighted by atomic mass is 16.5. The van der Waals surface area contributed by atoms with Crippen molar-refractivity contribution in [2.45, 2.75) is 6.92 Å². The number of aryl methyl sites for hydroxylation is 1. The Kier molecular flexibility index (Phi) is 3.35. The second-order valence-electron chi connectivity index (χ2n) is 3.69. The fraction of sp³-hybridized carbons (Fsp3) is 0.0714. The first-order valence-electron chi connectivity index (χ1n) is 5.35. The van der Waals surface area contributed by atoms with Gasteiger partial charge in [0.15, 0.2) is 0 Å². The van der Waals surface area contributed by atoms with Gasteiger partial charge in [0.1, 0.15) is 11.4 Å². The lowest BCUT2D eigenvalue weighted by atomic mass is 10.2. The largest absolute Gasteiger partial charge is 0.422 e. The number of hydrogen-bond acceptors (Lipinski definition) is 4. The molecule has 0 saturated carbocycles. The Hall–Kier alpha value is -2.67. The summed E-state index contributed by atoms with van der Waals surface area (Å²) in [5, 5.41) is 8.65. The van der Waals surface area contributed by atoms with Gasteiger partial charge in [-0.15, -0.1) is 0 Å². The van der Waals surface area contributed by atoms with Gasteiger partial charge >= 0.3 is 5.97 Å². The zero-order chi connectivity index (χ0) is 13.0. The van der Waals surface area contributed by atoms with Crippen LogP contribution in [0, 0.1) is 18.3 Å². The molecule has 0 aliphatic carbocycles. The molecule has 2 aromatic rings. The number of carbonyl (C=O) groups excluding carboxylic acids is 1. The molecular formula is C14H10N2O2. The lowest BCUT2D eigenvalue weighted by Crippen LogP contribution is -2.10.